The molecule has 2 rings (SSSR count). The van der Waals surface area contributed by atoms with Crippen LogP contribution in [0.4, 0.5) is 0 Å². The number of aryl methyl sites for hydroxylation is 1. The van der Waals surface area contributed by atoms with E-state index in [1.54, 1.807) is 6.07 Å². The minimum absolute atomic E-state index is 0.391. The summed E-state index contributed by atoms with van der Waals surface area (Å²) in [6.45, 7) is 2.24. The Bertz CT molecular complexity index is 517. The molecule has 0 aliphatic heterocycles. The molecule has 2 aromatic carbocycles. The number of benzene rings is 2. The third-order valence-corrected chi connectivity index (χ3v) is 3.74. The van der Waals surface area contributed by atoms with Gasteiger partial charge in [0.1, 0.15) is 5.75 Å². The molecule has 0 fully saturated rings. The maximum atomic E-state index is 10.2. The molecule has 0 aliphatic rings. The van der Waals surface area contributed by atoms with Gasteiger partial charge in [0.2, 0.25) is 0 Å². The normalized spacial score (nSPS) is 10.7. The quantitative estimate of drug-likeness (QED) is 0.651. The molecular formula is C19H24O. The Morgan fingerprint density at radius 1 is 0.800 bits per heavy atom. The molecule has 1 nitrogen and oxygen atoms in total. The summed E-state index contributed by atoms with van der Waals surface area (Å²) in [7, 11) is 0. The molecule has 0 spiro atoms. The zero-order chi connectivity index (χ0) is 14.2. The minimum Gasteiger partial charge on any atom is -0.507 e. The summed E-state index contributed by atoms with van der Waals surface area (Å²) < 4.78 is 0. The van der Waals surface area contributed by atoms with Crippen molar-refractivity contribution in [2.75, 3.05) is 0 Å². The van der Waals surface area contributed by atoms with E-state index in [0.29, 0.717) is 5.75 Å². The van der Waals surface area contributed by atoms with Crippen molar-refractivity contribution in [1.29, 1.82) is 0 Å². The van der Waals surface area contributed by atoms with E-state index in [9.17, 15) is 5.11 Å². The number of unbranched alkanes of at least 4 members (excludes halogenated alkanes) is 4. The van der Waals surface area contributed by atoms with Gasteiger partial charge in [0.15, 0.2) is 0 Å². The maximum absolute atomic E-state index is 10.2. The highest BCUT2D eigenvalue weighted by Crippen LogP contribution is 2.33. The van der Waals surface area contributed by atoms with E-state index in [1.165, 1.54) is 37.7 Å². The van der Waals surface area contributed by atoms with E-state index < -0.39 is 0 Å². The second kappa shape index (κ2) is 7.74. The van der Waals surface area contributed by atoms with Crippen molar-refractivity contribution in [3.05, 3.63) is 54.1 Å². The smallest absolute Gasteiger partial charge is 0.123 e. The average molecular weight is 268 g/mol. The average Bonchev–Trinajstić information content (AvgIpc) is 2.48. The van der Waals surface area contributed by atoms with Crippen LogP contribution in [0.2, 0.25) is 0 Å². The van der Waals surface area contributed by atoms with Crippen LogP contribution < -0.4 is 0 Å². The predicted octanol–water partition coefficient (Wildman–Crippen LogP) is 5.57. The molecular weight excluding hydrogens is 244 g/mol. The lowest BCUT2D eigenvalue weighted by Crippen LogP contribution is -1.91. The van der Waals surface area contributed by atoms with Gasteiger partial charge in [-0.1, -0.05) is 75.1 Å². The van der Waals surface area contributed by atoms with E-state index in [0.717, 1.165) is 17.5 Å². The fourth-order valence-electron chi connectivity index (χ4n) is 2.65. The lowest BCUT2D eigenvalue weighted by atomic mass is 9.95. The highest BCUT2D eigenvalue weighted by molar-refractivity contribution is 5.73. The molecule has 0 amide bonds. The molecule has 1 heteroatoms. The highest BCUT2D eigenvalue weighted by atomic mass is 16.3. The number of hydrogen-bond donors (Lipinski definition) is 1. The van der Waals surface area contributed by atoms with Gasteiger partial charge < -0.3 is 5.11 Å². The van der Waals surface area contributed by atoms with E-state index in [2.05, 4.69) is 25.1 Å². The predicted molar refractivity (Wildman–Crippen MR) is 86.0 cm³/mol. The van der Waals surface area contributed by atoms with Crippen molar-refractivity contribution in [2.24, 2.45) is 0 Å². The van der Waals surface area contributed by atoms with Crippen LogP contribution in [0.1, 0.15) is 44.6 Å². The van der Waals surface area contributed by atoms with E-state index in [1.807, 2.05) is 24.3 Å². The van der Waals surface area contributed by atoms with Gasteiger partial charge in [0.05, 0.1) is 0 Å². The molecule has 0 saturated carbocycles. The molecule has 20 heavy (non-hydrogen) atoms. The summed E-state index contributed by atoms with van der Waals surface area (Å²) in [4.78, 5) is 0. The summed E-state index contributed by atoms with van der Waals surface area (Å²) in [5, 5.41) is 10.2. The Hall–Kier alpha value is -1.76. The topological polar surface area (TPSA) is 20.2 Å². The molecule has 1 N–H and O–H groups in total. The van der Waals surface area contributed by atoms with Crippen LogP contribution in [0.5, 0.6) is 5.75 Å². The Morgan fingerprint density at radius 3 is 2.30 bits per heavy atom. The van der Waals surface area contributed by atoms with E-state index in [4.69, 9.17) is 0 Å². The lowest BCUT2D eigenvalue weighted by Gasteiger charge is -2.12. The summed E-state index contributed by atoms with van der Waals surface area (Å²) in [6, 6.07) is 16.0. The first-order chi connectivity index (χ1) is 9.83. The monoisotopic (exact) mass is 268 g/mol. The van der Waals surface area contributed by atoms with Crippen LogP contribution >= 0.6 is 0 Å². The van der Waals surface area contributed by atoms with Crippen molar-refractivity contribution in [1.82, 2.24) is 0 Å². The Balaban J connectivity index is 2.11. The van der Waals surface area contributed by atoms with Crippen LogP contribution in [0.25, 0.3) is 11.1 Å². The zero-order valence-electron chi connectivity index (χ0n) is 12.3. The second-order valence-corrected chi connectivity index (χ2v) is 5.34. The number of phenols is 1. The van der Waals surface area contributed by atoms with Gasteiger partial charge >= 0.3 is 0 Å². The fourth-order valence-corrected chi connectivity index (χ4v) is 2.65. The van der Waals surface area contributed by atoms with Gasteiger partial charge in [0, 0.05) is 5.56 Å². The molecule has 0 aromatic heterocycles. The van der Waals surface area contributed by atoms with Gasteiger partial charge in [-0.2, -0.15) is 0 Å². The number of hydrogen-bond acceptors (Lipinski definition) is 1. The zero-order valence-corrected chi connectivity index (χ0v) is 12.3. The molecule has 0 heterocycles. The van der Waals surface area contributed by atoms with Crippen LogP contribution in [0.3, 0.4) is 0 Å². The van der Waals surface area contributed by atoms with Crippen molar-refractivity contribution in [2.45, 2.75) is 45.4 Å². The summed E-state index contributed by atoms with van der Waals surface area (Å²) in [6.07, 6.45) is 7.44. The second-order valence-electron chi connectivity index (χ2n) is 5.34. The third kappa shape index (κ3) is 3.86. The van der Waals surface area contributed by atoms with Gasteiger partial charge in [-0.25, -0.2) is 0 Å². The van der Waals surface area contributed by atoms with Crippen LogP contribution in [-0.4, -0.2) is 5.11 Å². The van der Waals surface area contributed by atoms with Gasteiger partial charge in [0.25, 0.3) is 0 Å². The molecule has 0 aliphatic carbocycles. The molecule has 2 aromatic rings. The van der Waals surface area contributed by atoms with E-state index >= 15 is 0 Å². The Kier molecular flexibility index (Phi) is 5.67. The standard InChI is InChI=1S/C19H24O/c1-2-3-4-5-7-11-17-14-10-15-18(20)19(17)16-12-8-6-9-13-16/h6,8-10,12-15,20H,2-5,7,11H2,1H3. The maximum Gasteiger partial charge on any atom is 0.123 e. The van der Waals surface area contributed by atoms with E-state index in [-0.39, 0.29) is 0 Å². The van der Waals surface area contributed by atoms with Crippen LogP contribution in [0, 0.1) is 0 Å². The summed E-state index contributed by atoms with van der Waals surface area (Å²) in [5.41, 5.74) is 3.37. The van der Waals surface area contributed by atoms with Crippen LogP contribution in [0.15, 0.2) is 48.5 Å². The van der Waals surface area contributed by atoms with Gasteiger partial charge in [-0.15, -0.1) is 0 Å². The van der Waals surface area contributed by atoms with Crippen molar-refractivity contribution in [3.63, 3.8) is 0 Å². The first-order valence-electron chi connectivity index (χ1n) is 7.69. The van der Waals surface area contributed by atoms with Crippen molar-refractivity contribution < 1.29 is 5.11 Å². The Morgan fingerprint density at radius 2 is 1.55 bits per heavy atom. The molecule has 0 bridgehead atoms. The number of rotatable bonds is 7. The molecule has 0 radical (unpaired) electrons. The highest BCUT2D eigenvalue weighted by Gasteiger charge is 2.09. The first-order valence-corrected chi connectivity index (χ1v) is 7.69. The van der Waals surface area contributed by atoms with Crippen molar-refractivity contribution in [3.8, 4) is 16.9 Å². The van der Waals surface area contributed by atoms with Crippen molar-refractivity contribution >= 4 is 0 Å². The molecule has 0 unspecified atom stereocenters. The SMILES string of the molecule is CCCCCCCc1cccc(O)c1-c1ccccc1. The van der Waals surface area contributed by atoms with Gasteiger partial charge in [-0.3, -0.25) is 0 Å². The summed E-state index contributed by atoms with van der Waals surface area (Å²) in [5.74, 6) is 0.391. The first kappa shape index (κ1) is 14.6. The molecule has 106 valence electrons. The number of aromatic hydroxyl groups is 1. The Labute approximate surface area is 122 Å². The van der Waals surface area contributed by atoms with Gasteiger partial charge in [-0.05, 0) is 30.0 Å². The number of phenolic OH excluding ortho intramolecular Hbond substituents is 1. The molecule has 0 saturated heterocycles. The largest absolute Gasteiger partial charge is 0.507 e. The third-order valence-electron chi connectivity index (χ3n) is 3.74. The lowest BCUT2D eigenvalue weighted by molar-refractivity contribution is 0.476. The fraction of sp³-hybridized carbons (Fsp3) is 0.368. The molecule has 0 atom stereocenters. The summed E-state index contributed by atoms with van der Waals surface area (Å²) >= 11 is 0. The van der Waals surface area contributed by atoms with Crippen LogP contribution in [-0.2, 0) is 6.42 Å². The minimum atomic E-state index is 0.391.